The molecule has 0 aliphatic rings. The van der Waals surface area contributed by atoms with Gasteiger partial charge in [0.1, 0.15) is 0 Å². The minimum Gasteiger partial charge on any atom is -0.255 e. The van der Waals surface area contributed by atoms with E-state index in [1.807, 2.05) is 0 Å². The van der Waals surface area contributed by atoms with E-state index in [1.54, 1.807) is 0 Å². The van der Waals surface area contributed by atoms with Crippen LogP contribution >= 0.6 is 0 Å². The van der Waals surface area contributed by atoms with Gasteiger partial charge in [0, 0.05) is 6.72 Å². The van der Waals surface area contributed by atoms with Crippen LogP contribution in [0.1, 0.15) is 5.56 Å². The maximum absolute atomic E-state index is 12.0. The van der Waals surface area contributed by atoms with Gasteiger partial charge < -0.3 is 0 Å². The maximum atomic E-state index is 12.0. The van der Waals surface area contributed by atoms with E-state index in [0.29, 0.717) is 5.69 Å². The van der Waals surface area contributed by atoms with Gasteiger partial charge in [-0.05, 0) is 24.3 Å². The molecule has 1 aromatic carbocycles. The second kappa shape index (κ2) is 2.97. The highest BCUT2D eigenvalue weighted by molar-refractivity contribution is 5.46. The largest absolute Gasteiger partial charge is 0.416 e. The molecule has 0 bridgehead atoms. The molecule has 0 atom stereocenters. The molecule has 0 heterocycles. The highest BCUT2D eigenvalue weighted by atomic mass is 19.4. The first kappa shape index (κ1) is 8.77. The van der Waals surface area contributed by atoms with E-state index in [4.69, 9.17) is 6.72 Å². The summed E-state index contributed by atoms with van der Waals surface area (Å²) in [6.45, 7) is 4.85. The summed E-state index contributed by atoms with van der Waals surface area (Å²) in [7, 11) is 0. The molecule has 12 heavy (non-hydrogen) atoms. The number of hydrogen-bond acceptors (Lipinski definition) is 1. The maximum Gasteiger partial charge on any atom is 0.416 e. The van der Waals surface area contributed by atoms with Gasteiger partial charge in [0.25, 0.3) is 0 Å². The van der Waals surface area contributed by atoms with E-state index < -0.39 is 11.7 Å². The van der Waals surface area contributed by atoms with Crippen LogP contribution in [0.3, 0.4) is 0 Å². The van der Waals surface area contributed by atoms with E-state index in [0.717, 1.165) is 12.1 Å². The summed E-state index contributed by atoms with van der Waals surface area (Å²) in [5, 5.41) is 0. The fraction of sp³-hybridized carbons (Fsp3) is 0.125. The van der Waals surface area contributed by atoms with Crippen LogP contribution in [0.25, 0.3) is 0 Å². The number of aliphatic imine (C=N–C) groups is 1. The van der Waals surface area contributed by atoms with Crippen molar-refractivity contribution in [2.45, 2.75) is 6.18 Å². The van der Waals surface area contributed by atoms with E-state index in [-0.39, 0.29) is 0 Å². The lowest BCUT2D eigenvalue weighted by molar-refractivity contribution is -0.137. The summed E-state index contributed by atoms with van der Waals surface area (Å²) >= 11 is 0. The lowest BCUT2D eigenvalue weighted by Gasteiger charge is -2.05. The zero-order valence-electron chi connectivity index (χ0n) is 5.97. The van der Waals surface area contributed by atoms with Crippen molar-refractivity contribution in [2.75, 3.05) is 0 Å². The van der Waals surface area contributed by atoms with Crippen molar-refractivity contribution in [1.82, 2.24) is 0 Å². The Morgan fingerprint density at radius 2 is 1.58 bits per heavy atom. The van der Waals surface area contributed by atoms with Crippen LogP contribution in [0, 0.1) is 0 Å². The first-order valence-electron chi connectivity index (χ1n) is 3.12. The van der Waals surface area contributed by atoms with E-state index >= 15 is 0 Å². The van der Waals surface area contributed by atoms with Gasteiger partial charge >= 0.3 is 6.18 Å². The van der Waals surface area contributed by atoms with Crippen molar-refractivity contribution in [3.05, 3.63) is 29.8 Å². The Labute approximate surface area is 67.6 Å². The fourth-order valence-corrected chi connectivity index (χ4v) is 0.736. The van der Waals surface area contributed by atoms with Crippen LogP contribution < -0.4 is 0 Å². The van der Waals surface area contributed by atoms with E-state index in [1.165, 1.54) is 12.1 Å². The molecule has 0 spiro atoms. The third-order valence-electron chi connectivity index (χ3n) is 1.34. The zero-order valence-corrected chi connectivity index (χ0v) is 5.97. The van der Waals surface area contributed by atoms with Gasteiger partial charge in [-0.25, -0.2) is 0 Å². The summed E-state index contributed by atoms with van der Waals surface area (Å²) in [5.74, 6) is 0. The summed E-state index contributed by atoms with van der Waals surface area (Å²) < 4.78 is 35.9. The molecule has 0 N–H and O–H groups in total. The molecule has 1 rings (SSSR count). The van der Waals surface area contributed by atoms with Crippen molar-refractivity contribution in [2.24, 2.45) is 4.99 Å². The third kappa shape index (κ3) is 1.84. The molecule has 4 heteroatoms. The molecule has 0 aliphatic carbocycles. The normalized spacial score (nSPS) is 11.2. The Kier molecular flexibility index (Phi) is 2.17. The second-order valence-electron chi connectivity index (χ2n) is 2.17. The fourth-order valence-electron chi connectivity index (χ4n) is 0.736. The molecule has 1 aromatic rings. The molecule has 63 valence electrons. The van der Waals surface area contributed by atoms with Crippen LogP contribution in [0.2, 0.25) is 0 Å². The van der Waals surface area contributed by atoms with Crippen molar-refractivity contribution in [3.63, 3.8) is 0 Å². The molecule has 0 amide bonds. The van der Waals surface area contributed by atoms with Crippen molar-refractivity contribution in [3.8, 4) is 0 Å². The quantitative estimate of drug-likeness (QED) is 0.577. The Balaban J connectivity index is 3.00. The molecule has 0 unspecified atom stereocenters. The van der Waals surface area contributed by atoms with Crippen molar-refractivity contribution in [1.29, 1.82) is 0 Å². The van der Waals surface area contributed by atoms with Gasteiger partial charge in [-0.3, -0.25) is 4.99 Å². The monoisotopic (exact) mass is 172 g/mol. The number of nitrogens with zero attached hydrogens (tertiary/aromatic N) is 1. The van der Waals surface area contributed by atoms with Gasteiger partial charge in [-0.1, -0.05) is 0 Å². The number of benzene rings is 1. The van der Waals surface area contributed by atoms with E-state index in [2.05, 4.69) is 4.99 Å². The number of halogens is 3. The van der Waals surface area contributed by atoms with Crippen molar-refractivity contribution < 1.29 is 13.2 Å². The topological polar surface area (TPSA) is 12.4 Å². The van der Waals surface area contributed by atoms with Gasteiger partial charge in [0.15, 0.2) is 0 Å². The van der Waals surface area contributed by atoms with E-state index in [9.17, 15) is 13.2 Å². The number of hydrogen-bond donors (Lipinski definition) is 0. The first-order chi connectivity index (χ1) is 5.54. The van der Waals surface area contributed by atoms with Crippen LogP contribution in [0.4, 0.5) is 18.9 Å². The predicted octanol–water partition coefficient (Wildman–Crippen LogP) is 2.91. The minimum atomic E-state index is -4.30. The highest BCUT2D eigenvalue weighted by Gasteiger charge is 2.29. The predicted molar refractivity (Wildman–Crippen MR) is 39.6 cm³/mol. The molecular weight excluding hydrogens is 167 g/mol. The van der Waals surface area contributed by atoms with Gasteiger partial charge in [0.2, 0.25) is 0 Å². The summed E-state index contributed by atoms with van der Waals surface area (Å²) in [4.78, 5) is 3.23. The molecule has 1 nitrogen and oxygen atoms in total. The van der Waals surface area contributed by atoms with Crippen molar-refractivity contribution >= 4 is 12.4 Å². The van der Waals surface area contributed by atoms with Crippen LogP contribution in [0.15, 0.2) is 29.3 Å². The van der Waals surface area contributed by atoms with Gasteiger partial charge in [0.05, 0.1) is 11.3 Å². The summed E-state index contributed by atoms with van der Waals surface area (Å²) in [5.41, 5.74) is -0.377. The molecule has 0 fully saturated rings. The summed E-state index contributed by atoms with van der Waals surface area (Å²) in [6, 6.07) is 4.29. The lowest BCUT2D eigenvalue weighted by Crippen LogP contribution is -2.03. The Morgan fingerprint density at radius 1 is 1.08 bits per heavy atom. The Bertz CT molecular complexity index is 273. The number of alkyl halides is 3. The molecule has 0 saturated heterocycles. The Hall–Kier alpha value is -1.32. The molecule has 0 saturated carbocycles. The second-order valence-corrected chi connectivity index (χ2v) is 2.17. The average molecular weight is 172 g/mol. The molecule has 0 aliphatic heterocycles. The first-order valence-corrected chi connectivity index (χ1v) is 3.12. The zero-order chi connectivity index (χ0) is 9.19. The standard InChI is InChI=1S/C8H5F3N/c1-12-7-4-2-6(3-5-7)8(9,10)11/h1-5H. The van der Waals surface area contributed by atoms with Crippen LogP contribution in [-0.2, 0) is 6.18 Å². The van der Waals surface area contributed by atoms with Gasteiger partial charge in [-0.15, -0.1) is 0 Å². The molecule has 1 radical (unpaired) electrons. The summed E-state index contributed by atoms with van der Waals surface area (Å²) in [6.07, 6.45) is -4.30. The van der Waals surface area contributed by atoms with Crippen LogP contribution in [0.5, 0.6) is 0 Å². The highest BCUT2D eigenvalue weighted by Crippen LogP contribution is 2.30. The molecular formula is C8H5F3N. The Morgan fingerprint density at radius 3 is 1.92 bits per heavy atom. The smallest absolute Gasteiger partial charge is 0.255 e. The average Bonchev–Trinajstić information content (AvgIpc) is 2.03. The third-order valence-corrected chi connectivity index (χ3v) is 1.34. The minimum absolute atomic E-state index is 0.322. The van der Waals surface area contributed by atoms with Crippen LogP contribution in [-0.4, -0.2) is 6.72 Å². The van der Waals surface area contributed by atoms with Gasteiger partial charge in [-0.2, -0.15) is 13.2 Å². The number of rotatable bonds is 1. The molecule has 0 aromatic heterocycles. The SMILES string of the molecule is [CH]=Nc1ccc(C(F)(F)F)cc1. The lowest BCUT2D eigenvalue weighted by atomic mass is 10.2.